The van der Waals surface area contributed by atoms with Crippen molar-refractivity contribution >= 4 is 5.91 Å². The topological polar surface area (TPSA) is 20.3 Å². The third-order valence-electron chi connectivity index (χ3n) is 4.18. The van der Waals surface area contributed by atoms with Crippen molar-refractivity contribution in [2.75, 3.05) is 6.54 Å². The van der Waals surface area contributed by atoms with Gasteiger partial charge in [-0.05, 0) is 29.9 Å². The highest BCUT2D eigenvalue weighted by molar-refractivity contribution is 5.77. The average Bonchev–Trinajstić information content (AvgIpc) is 2.53. The minimum Gasteiger partial charge on any atom is -0.338 e. The first kappa shape index (κ1) is 13.9. The minimum absolute atomic E-state index is 0.295. The van der Waals surface area contributed by atoms with Crippen LogP contribution in [0.15, 0.2) is 60.7 Å². The maximum absolute atomic E-state index is 12.1. The summed E-state index contributed by atoms with van der Waals surface area (Å²) in [5.41, 5.74) is 2.59. The molecule has 3 rings (SSSR count). The van der Waals surface area contributed by atoms with E-state index in [4.69, 9.17) is 0 Å². The molecule has 1 heterocycles. The zero-order valence-corrected chi connectivity index (χ0v) is 12.2. The van der Waals surface area contributed by atoms with E-state index in [0.29, 0.717) is 18.2 Å². The number of piperidine rings is 1. The number of benzene rings is 2. The summed E-state index contributed by atoms with van der Waals surface area (Å²) in [5, 5.41) is 0. The van der Waals surface area contributed by atoms with E-state index in [1.54, 1.807) is 0 Å². The third kappa shape index (κ3) is 3.72. The van der Waals surface area contributed by atoms with Crippen LogP contribution < -0.4 is 0 Å². The van der Waals surface area contributed by atoms with E-state index in [9.17, 15) is 4.79 Å². The summed E-state index contributed by atoms with van der Waals surface area (Å²) in [5.74, 6) is 0.872. The van der Waals surface area contributed by atoms with Gasteiger partial charge >= 0.3 is 0 Å². The van der Waals surface area contributed by atoms with E-state index in [-0.39, 0.29) is 0 Å². The molecule has 108 valence electrons. The Kier molecular flexibility index (Phi) is 4.34. The summed E-state index contributed by atoms with van der Waals surface area (Å²) < 4.78 is 0. The molecule has 2 aromatic carbocycles. The number of rotatable bonds is 4. The maximum Gasteiger partial charge on any atom is 0.222 e. The molecule has 0 N–H and O–H groups in total. The molecule has 1 atom stereocenters. The third-order valence-corrected chi connectivity index (χ3v) is 4.18. The van der Waals surface area contributed by atoms with Crippen molar-refractivity contribution in [3.63, 3.8) is 0 Å². The van der Waals surface area contributed by atoms with E-state index >= 15 is 0 Å². The molecular weight excluding hydrogens is 258 g/mol. The summed E-state index contributed by atoms with van der Waals surface area (Å²) in [6.45, 7) is 1.62. The summed E-state index contributed by atoms with van der Waals surface area (Å²) in [6, 6.07) is 20.8. The Morgan fingerprint density at radius 3 is 2.19 bits per heavy atom. The van der Waals surface area contributed by atoms with Gasteiger partial charge in [0, 0.05) is 19.5 Å². The largest absolute Gasteiger partial charge is 0.338 e. The van der Waals surface area contributed by atoms with Crippen molar-refractivity contribution in [1.82, 2.24) is 4.90 Å². The number of hydrogen-bond acceptors (Lipinski definition) is 1. The van der Waals surface area contributed by atoms with Gasteiger partial charge in [0.1, 0.15) is 0 Å². The van der Waals surface area contributed by atoms with Gasteiger partial charge in [-0.3, -0.25) is 4.79 Å². The molecule has 0 spiro atoms. The van der Waals surface area contributed by atoms with Crippen LogP contribution in [-0.2, 0) is 17.8 Å². The lowest BCUT2D eigenvalue weighted by atomic mass is 9.91. The molecule has 0 aliphatic carbocycles. The van der Waals surface area contributed by atoms with Crippen LogP contribution in [0.3, 0.4) is 0 Å². The molecule has 1 saturated heterocycles. The number of likely N-dealkylation sites (tertiary alicyclic amines) is 1. The number of hydrogen-bond donors (Lipinski definition) is 0. The summed E-state index contributed by atoms with van der Waals surface area (Å²) in [4.78, 5) is 14.1. The van der Waals surface area contributed by atoms with Crippen molar-refractivity contribution < 1.29 is 4.79 Å². The number of carbonyl (C=O) groups excluding carboxylic acids is 1. The zero-order valence-electron chi connectivity index (χ0n) is 12.2. The highest BCUT2D eigenvalue weighted by Crippen LogP contribution is 2.23. The number of amides is 1. The van der Waals surface area contributed by atoms with Crippen molar-refractivity contribution in [2.24, 2.45) is 5.92 Å². The van der Waals surface area contributed by atoms with Crippen molar-refractivity contribution in [3.05, 3.63) is 71.8 Å². The van der Waals surface area contributed by atoms with Crippen LogP contribution in [0.2, 0.25) is 0 Å². The molecular formula is C19H21NO. The van der Waals surface area contributed by atoms with Gasteiger partial charge in [-0.1, -0.05) is 60.7 Å². The average molecular weight is 279 g/mol. The lowest BCUT2D eigenvalue weighted by Crippen LogP contribution is -2.40. The quantitative estimate of drug-likeness (QED) is 0.836. The van der Waals surface area contributed by atoms with Gasteiger partial charge < -0.3 is 4.90 Å². The molecule has 1 aliphatic heterocycles. The van der Waals surface area contributed by atoms with Crippen molar-refractivity contribution in [2.45, 2.75) is 25.8 Å². The Morgan fingerprint density at radius 1 is 0.905 bits per heavy atom. The van der Waals surface area contributed by atoms with Crippen LogP contribution in [0.4, 0.5) is 0 Å². The number of carbonyl (C=O) groups is 1. The van der Waals surface area contributed by atoms with Gasteiger partial charge in [0.15, 0.2) is 0 Å². The first-order valence-electron chi connectivity index (χ1n) is 7.67. The molecule has 21 heavy (non-hydrogen) atoms. The lowest BCUT2D eigenvalue weighted by Gasteiger charge is -2.33. The van der Waals surface area contributed by atoms with Gasteiger partial charge in [-0.25, -0.2) is 0 Å². The van der Waals surface area contributed by atoms with Gasteiger partial charge in [0.25, 0.3) is 0 Å². The van der Waals surface area contributed by atoms with Crippen molar-refractivity contribution in [3.8, 4) is 0 Å². The van der Waals surface area contributed by atoms with E-state index in [0.717, 1.165) is 25.9 Å². The van der Waals surface area contributed by atoms with Crippen LogP contribution in [-0.4, -0.2) is 17.4 Å². The molecule has 1 fully saturated rings. The van der Waals surface area contributed by atoms with Crippen molar-refractivity contribution in [1.29, 1.82) is 0 Å². The van der Waals surface area contributed by atoms with E-state index < -0.39 is 0 Å². The Balaban J connectivity index is 1.63. The molecule has 2 aromatic rings. The van der Waals surface area contributed by atoms with Crippen LogP contribution in [0.1, 0.15) is 24.0 Å². The standard InChI is InChI=1S/C19H21NO/c21-19-12-11-18(13-16-7-3-1-4-8-16)15-20(19)14-17-9-5-2-6-10-17/h1-10,18H,11-15H2/t18-/m1/s1. The molecule has 0 saturated carbocycles. The lowest BCUT2D eigenvalue weighted by molar-refractivity contribution is -0.135. The maximum atomic E-state index is 12.1. The fourth-order valence-electron chi connectivity index (χ4n) is 3.06. The van der Waals surface area contributed by atoms with Crippen LogP contribution in [0.25, 0.3) is 0 Å². The van der Waals surface area contributed by atoms with Gasteiger partial charge in [0.05, 0.1) is 0 Å². The molecule has 0 radical (unpaired) electrons. The second-order valence-corrected chi connectivity index (χ2v) is 5.85. The zero-order chi connectivity index (χ0) is 14.5. The molecule has 2 nitrogen and oxygen atoms in total. The predicted octanol–water partition coefficient (Wildman–Crippen LogP) is 3.67. The second kappa shape index (κ2) is 6.57. The summed E-state index contributed by atoms with van der Waals surface area (Å²) in [6.07, 6.45) is 2.77. The van der Waals surface area contributed by atoms with E-state index in [1.807, 2.05) is 23.1 Å². The smallest absolute Gasteiger partial charge is 0.222 e. The highest BCUT2D eigenvalue weighted by atomic mass is 16.2. The fourth-order valence-corrected chi connectivity index (χ4v) is 3.06. The highest BCUT2D eigenvalue weighted by Gasteiger charge is 2.25. The molecule has 1 amide bonds. The monoisotopic (exact) mass is 279 g/mol. The molecule has 2 heteroatoms. The minimum atomic E-state index is 0.295. The second-order valence-electron chi connectivity index (χ2n) is 5.85. The first-order valence-corrected chi connectivity index (χ1v) is 7.67. The fraction of sp³-hybridized carbons (Fsp3) is 0.316. The van der Waals surface area contributed by atoms with E-state index in [1.165, 1.54) is 11.1 Å². The molecule has 0 aromatic heterocycles. The van der Waals surface area contributed by atoms with Crippen LogP contribution in [0, 0.1) is 5.92 Å². The Morgan fingerprint density at radius 2 is 1.52 bits per heavy atom. The normalized spacial score (nSPS) is 18.8. The first-order chi connectivity index (χ1) is 10.3. The Bertz CT molecular complexity index is 579. The molecule has 0 unspecified atom stereocenters. The number of nitrogens with zero attached hydrogens (tertiary/aromatic N) is 1. The van der Waals surface area contributed by atoms with Gasteiger partial charge in [-0.15, -0.1) is 0 Å². The van der Waals surface area contributed by atoms with Gasteiger partial charge in [-0.2, -0.15) is 0 Å². The van der Waals surface area contributed by atoms with Gasteiger partial charge in [0.2, 0.25) is 5.91 Å². The SMILES string of the molecule is O=C1CC[C@H](Cc2ccccc2)CN1Cc1ccccc1. The summed E-state index contributed by atoms with van der Waals surface area (Å²) >= 11 is 0. The Labute approximate surface area is 126 Å². The molecule has 0 bridgehead atoms. The Hall–Kier alpha value is -2.09. The van der Waals surface area contributed by atoms with Crippen LogP contribution >= 0.6 is 0 Å². The predicted molar refractivity (Wildman–Crippen MR) is 84.7 cm³/mol. The summed E-state index contributed by atoms with van der Waals surface area (Å²) in [7, 11) is 0. The molecule has 1 aliphatic rings. The van der Waals surface area contributed by atoms with Crippen LogP contribution in [0.5, 0.6) is 0 Å². The van der Waals surface area contributed by atoms with E-state index in [2.05, 4.69) is 42.5 Å².